The predicted molar refractivity (Wildman–Crippen MR) is 105 cm³/mol. The van der Waals surface area contributed by atoms with Crippen LogP contribution in [0.25, 0.3) is 0 Å². The SMILES string of the molecule is O=C(NC[C@H](NC[C@H]1NC[C@H](O)[C@@H]1O)c1ccccc1)c1ccccc1Cl. The highest BCUT2D eigenvalue weighted by Gasteiger charge is 2.33. The minimum atomic E-state index is -0.813. The molecule has 1 heterocycles. The second-order valence-electron chi connectivity index (χ2n) is 6.63. The average molecular weight is 390 g/mol. The molecule has 0 saturated carbocycles. The van der Waals surface area contributed by atoms with E-state index in [1.54, 1.807) is 24.3 Å². The Bertz CT molecular complexity index is 759. The molecule has 1 aliphatic heterocycles. The van der Waals surface area contributed by atoms with Gasteiger partial charge in [0.05, 0.1) is 22.8 Å². The van der Waals surface area contributed by atoms with E-state index in [9.17, 15) is 15.0 Å². The van der Waals surface area contributed by atoms with Gasteiger partial charge in [-0.2, -0.15) is 0 Å². The lowest BCUT2D eigenvalue weighted by Gasteiger charge is -2.24. The second kappa shape index (κ2) is 9.30. The molecule has 7 heteroatoms. The fourth-order valence-electron chi connectivity index (χ4n) is 3.17. The Morgan fingerprint density at radius 1 is 1.15 bits per heavy atom. The summed E-state index contributed by atoms with van der Waals surface area (Å²) in [6, 6.07) is 16.3. The minimum absolute atomic E-state index is 0.149. The fourth-order valence-corrected chi connectivity index (χ4v) is 3.39. The maximum absolute atomic E-state index is 12.4. The van der Waals surface area contributed by atoms with Gasteiger partial charge in [0.15, 0.2) is 0 Å². The number of rotatable bonds is 7. The highest BCUT2D eigenvalue weighted by molar-refractivity contribution is 6.33. The number of carbonyl (C=O) groups is 1. The van der Waals surface area contributed by atoms with Crippen LogP contribution < -0.4 is 16.0 Å². The first-order chi connectivity index (χ1) is 13.1. The molecule has 27 heavy (non-hydrogen) atoms. The number of hydrogen-bond donors (Lipinski definition) is 5. The van der Waals surface area contributed by atoms with Crippen LogP contribution in [-0.2, 0) is 0 Å². The van der Waals surface area contributed by atoms with E-state index in [0.717, 1.165) is 5.56 Å². The van der Waals surface area contributed by atoms with Crippen LogP contribution in [0, 0.1) is 0 Å². The first-order valence-electron chi connectivity index (χ1n) is 8.97. The molecule has 0 unspecified atom stereocenters. The van der Waals surface area contributed by atoms with E-state index in [4.69, 9.17) is 11.6 Å². The molecule has 2 aromatic carbocycles. The van der Waals surface area contributed by atoms with Crippen molar-refractivity contribution in [2.24, 2.45) is 0 Å². The molecule has 0 spiro atoms. The Morgan fingerprint density at radius 2 is 1.85 bits per heavy atom. The summed E-state index contributed by atoms with van der Waals surface area (Å²) in [5, 5.41) is 29.5. The molecule has 1 aliphatic rings. The van der Waals surface area contributed by atoms with Gasteiger partial charge in [-0.3, -0.25) is 4.79 Å². The van der Waals surface area contributed by atoms with Gasteiger partial charge in [-0.15, -0.1) is 0 Å². The Balaban J connectivity index is 1.64. The van der Waals surface area contributed by atoms with Crippen LogP contribution in [0.2, 0.25) is 5.02 Å². The first kappa shape index (κ1) is 19.8. The topological polar surface area (TPSA) is 93.6 Å². The number of amides is 1. The smallest absolute Gasteiger partial charge is 0.252 e. The molecule has 6 nitrogen and oxygen atoms in total. The summed E-state index contributed by atoms with van der Waals surface area (Å²) >= 11 is 6.09. The third-order valence-corrected chi connectivity index (χ3v) is 5.10. The quantitative estimate of drug-likeness (QED) is 0.489. The van der Waals surface area contributed by atoms with Crippen molar-refractivity contribution >= 4 is 17.5 Å². The molecule has 144 valence electrons. The number of β-amino-alcohol motifs (C(OH)–C–C–N with tert-alkyl or cyclic N) is 1. The average Bonchev–Trinajstić information content (AvgIpc) is 3.01. The van der Waals surface area contributed by atoms with E-state index in [2.05, 4.69) is 16.0 Å². The summed E-state index contributed by atoms with van der Waals surface area (Å²) < 4.78 is 0. The van der Waals surface area contributed by atoms with E-state index in [1.165, 1.54) is 0 Å². The molecule has 0 aromatic heterocycles. The van der Waals surface area contributed by atoms with Crippen molar-refractivity contribution in [2.75, 3.05) is 19.6 Å². The highest BCUT2D eigenvalue weighted by atomic mass is 35.5. The molecule has 1 saturated heterocycles. The van der Waals surface area contributed by atoms with Gasteiger partial charge in [-0.05, 0) is 17.7 Å². The molecule has 1 amide bonds. The van der Waals surface area contributed by atoms with Crippen molar-refractivity contribution in [1.29, 1.82) is 0 Å². The number of carbonyl (C=O) groups excluding carboxylic acids is 1. The van der Waals surface area contributed by atoms with Crippen molar-refractivity contribution < 1.29 is 15.0 Å². The maximum Gasteiger partial charge on any atom is 0.252 e. The van der Waals surface area contributed by atoms with Gasteiger partial charge in [-0.25, -0.2) is 0 Å². The molecule has 3 rings (SSSR count). The zero-order valence-corrected chi connectivity index (χ0v) is 15.6. The van der Waals surface area contributed by atoms with Crippen LogP contribution in [0.3, 0.4) is 0 Å². The number of hydrogen-bond acceptors (Lipinski definition) is 5. The normalized spacial score (nSPS) is 23.1. The third-order valence-electron chi connectivity index (χ3n) is 4.77. The van der Waals surface area contributed by atoms with Crippen LogP contribution in [0.1, 0.15) is 22.0 Å². The van der Waals surface area contributed by atoms with Crippen LogP contribution in [0.4, 0.5) is 0 Å². The summed E-state index contributed by atoms with van der Waals surface area (Å²) in [4.78, 5) is 12.4. The lowest BCUT2D eigenvalue weighted by atomic mass is 10.1. The van der Waals surface area contributed by atoms with Gasteiger partial charge in [0.1, 0.15) is 0 Å². The van der Waals surface area contributed by atoms with E-state index < -0.39 is 12.2 Å². The van der Waals surface area contributed by atoms with Crippen LogP contribution in [-0.4, -0.2) is 54.0 Å². The molecule has 0 aliphatic carbocycles. The summed E-state index contributed by atoms with van der Waals surface area (Å²) in [5.41, 5.74) is 1.45. The molecule has 1 fully saturated rings. The first-order valence-corrected chi connectivity index (χ1v) is 9.34. The molecule has 4 atom stereocenters. The second-order valence-corrected chi connectivity index (χ2v) is 7.04. The molecular formula is C20H24ClN3O3. The Hall–Kier alpha value is -1.96. The highest BCUT2D eigenvalue weighted by Crippen LogP contribution is 2.16. The van der Waals surface area contributed by atoms with Crippen molar-refractivity contribution in [2.45, 2.75) is 24.3 Å². The predicted octanol–water partition coefficient (Wildman–Crippen LogP) is 1.09. The summed E-state index contributed by atoms with van der Waals surface area (Å²) in [7, 11) is 0. The lowest BCUT2D eigenvalue weighted by molar-refractivity contribution is 0.0403. The van der Waals surface area contributed by atoms with Gasteiger partial charge >= 0.3 is 0 Å². The third kappa shape index (κ3) is 5.06. The summed E-state index contributed by atoms with van der Waals surface area (Å²) in [6.07, 6.45) is -1.57. The van der Waals surface area contributed by atoms with Crippen molar-refractivity contribution in [1.82, 2.24) is 16.0 Å². The van der Waals surface area contributed by atoms with Gasteiger partial charge in [0, 0.05) is 31.7 Å². The number of nitrogens with one attached hydrogen (secondary N) is 3. The standard InChI is InChI=1S/C20H24ClN3O3/c21-15-9-5-4-8-14(15)20(27)24-10-16(13-6-2-1-3-7-13)22-11-17-19(26)18(25)12-23-17/h1-9,16-19,22-23,25-26H,10-12H2,(H,24,27)/t16-,17+,18-,19+/m0/s1. The largest absolute Gasteiger partial charge is 0.389 e. The van der Waals surface area contributed by atoms with Crippen molar-refractivity contribution in [3.8, 4) is 0 Å². The lowest BCUT2D eigenvalue weighted by Crippen LogP contribution is -2.45. The van der Waals surface area contributed by atoms with E-state index in [0.29, 0.717) is 30.2 Å². The number of benzene rings is 2. The zero-order valence-electron chi connectivity index (χ0n) is 14.8. The number of aliphatic hydroxyl groups is 2. The monoisotopic (exact) mass is 389 g/mol. The van der Waals surface area contributed by atoms with Crippen LogP contribution >= 0.6 is 11.6 Å². The Kier molecular flexibility index (Phi) is 6.82. The van der Waals surface area contributed by atoms with Crippen molar-refractivity contribution in [3.63, 3.8) is 0 Å². The molecule has 5 N–H and O–H groups in total. The zero-order chi connectivity index (χ0) is 19.2. The van der Waals surface area contributed by atoms with Gasteiger partial charge in [0.25, 0.3) is 5.91 Å². The van der Waals surface area contributed by atoms with Gasteiger partial charge in [-0.1, -0.05) is 54.1 Å². The van der Waals surface area contributed by atoms with Crippen LogP contribution in [0.15, 0.2) is 54.6 Å². The molecule has 0 bridgehead atoms. The molecular weight excluding hydrogens is 366 g/mol. The van der Waals surface area contributed by atoms with Gasteiger partial charge in [0.2, 0.25) is 0 Å². The fraction of sp³-hybridized carbons (Fsp3) is 0.350. The van der Waals surface area contributed by atoms with Crippen LogP contribution in [0.5, 0.6) is 0 Å². The Labute approximate surface area is 163 Å². The van der Waals surface area contributed by atoms with Crippen molar-refractivity contribution in [3.05, 3.63) is 70.7 Å². The van der Waals surface area contributed by atoms with E-state index >= 15 is 0 Å². The molecule has 2 aromatic rings. The van der Waals surface area contributed by atoms with Gasteiger partial charge < -0.3 is 26.2 Å². The Morgan fingerprint density at radius 3 is 2.52 bits per heavy atom. The maximum atomic E-state index is 12.4. The minimum Gasteiger partial charge on any atom is -0.389 e. The van der Waals surface area contributed by atoms with E-state index in [1.807, 2.05) is 30.3 Å². The number of aliphatic hydroxyl groups excluding tert-OH is 2. The number of halogens is 1. The summed E-state index contributed by atoms with van der Waals surface area (Å²) in [6.45, 7) is 1.19. The molecule has 0 radical (unpaired) electrons. The summed E-state index contributed by atoms with van der Waals surface area (Å²) in [5.74, 6) is -0.238. The van der Waals surface area contributed by atoms with E-state index in [-0.39, 0.29) is 18.0 Å².